The van der Waals surface area contributed by atoms with Crippen molar-refractivity contribution < 1.29 is 9.84 Å². The molecule has 0 spiro atoms. The van der Waals surface area contributed by atoms with E-state index in [9.17, 15) is 0 Å². The quantitative estimate of drug-likeness (QED) is 0.489. The predicted molar refractivity (Wildman–Crippen MR) is 47.2 cm³/mol. The lowest BCUT2D eigenvalue weighted by Crippen LogP contribution is -2.08. The van der Waals surface area contributed by atoms with E-state index in [2.05, 4.69) is 5.92 Å². The molecule has 1 aliphatic rings. The van der Waals surface area contributed by atoms with E-state index in [4.69, 9.17) is 16.3 Å². The summed E-state index contributed by atoms with van der Waals surface area (Å²) in [6, 6.07) is 0. The van der Waals surface area contributed by atoms with E-state index in [0.29, 0.717) is 12.5 Å². The number of hydrogen-bond acceptors (Lipinski definition) is 2. The van der Waals surface area contributed by atoms with Crippen molar-refractivity contribution in [1.82, 2.24) is 0 Å². The van der Waals surface area contributed by atoms with Gasteiger partial charge in [0, 0.05) is 5.92 Å². The molecule has 64 valence electrons. The number of aliphatic hydroxyl groups is 1. The second kappa shape index (κ2) is 4.63. The Hall–Kier alpha value is -1.20. The van der Waals surface area contributed by atoms with Gasteiger partial charge < -0.3 is 9.84 Å². The summed E-state index contributed by atoms with van der Waals surface area (Å²) in [7, 11) is 0. The minimum atomic E-state index is -0.768. The highest BCUT2D eigenvalue weighted by Crippen LogP contribution is 2.12. The van der Waals surface area contributed by atoms with E-state index < -0.39 is 6.10 Å². The van der Waals surface area contributed by atoms with Crippen molar-refractivity contribution in [1.29, 1.82) is 0 Å². The van der Waals surface area contributed by atoms with Crippen LogP contribution in [0.15, 0.2) is 24.5 Å². The van der Waals surface area contributed by atoms with Crippen LogP contribution in [0.2, 0.25) is 0 Å². The van der Waals surface area contributed by atoms with Crippen molar-refractivity contribution in [3.05, 3.63) is 24.5 Å². The Labute approximate surface area is 72.5 Å². The molecular weight excluding hydrogens is 152 g/mol. The van der Waals surface area contributed by atoms with E-state index in [1.807, 2.05) is 12.2 Å². The highest BCUT2D eigenvalue weighted by atomic mass is 16.5. The van der Waals surface area contributed by atoms with Crippen LogP contribution >= 0.6 is 0 Å². The molecule has 1 heterocycles. The zero-order valence-electron chi connectivity index (χ0n) is 6.81. The summed E-state index contributed by atoms with van der Waals surface area (Å²) in [6.45, 7) is 0.671. The molecule has 1 rings (SSSR count). The summed E-state index contributed by atoms with van der Waals surface area (Å²) < 4.78 is 5.08. The van der Waals surface area contributed by atoms with Crippen molar-refractivity contribution in [3.63, 3.8) is 0 Å². The first-order valence-corrected chi connectivity index (χ1v) is 3.92. The summed E-state index contributed by atoms with van der Waals surface area (Å²) in [6.07, 6.45) is 12.3. The molecule has 1 N–H and O–H groups in total. The summed E-state index contributed by atoms with van der Waals surface area (Å²) in [5, 5.41) is 9.01. The molecule has 0 saturated carbocycles. The van der Waals surface area contributed by atoms with Gasteiger partial charge in [0.1, 0.15) is 6.10 Å². The van der Waals surface area contributed by atoms with Gasteiger partial charge in [-0.2, -0.15) is 0 Å². The van der Waals surface area contributed by atoms with Crippen LogP contribution in [0.25, 0.3) is 0 Å². The van der Waals surface area contributed by atoms with Crippen LogP contribution < -0.4 is 0 Å². The number of allylic oxidation sites excluding steroid dienone is 1. The molecule has 12 heavy (non-hydrogen) atoms. The van der Waals surface area contributed by atoms with E-state index in [-0.39, 0.29) is 0 Å². The van der Waals surface area contributed by atoms with Gasteiger partial charge in [0.05, 0.1) is 12.9 Å². The SMILES string of the molecule is C#CC(O)C=CC1CC=COC1. The lowest BCUT2D eigenvalue weighted by molar-refractivity contribution is 0.198. The Morgan fingerprint density at radius 1 is 1.75 bits per heavy atom. The fourth-order valence-electron chi connectivity index (χ4n) is 0.998. The second-order valence-electron chi connectivity index (χ2n) is 2.70. The number of aliphatic hydroxyl groups excluding tert-OH is 1. The highest BCUT2D eigenvalue weighted by molar-refractivity contribution is 5.08. The van der Waals surface area contributed by atoms with Crippen molar-refractivity contribution >= 4 is 0 Å². The molecule has 0 saturated heterocycles. The van der Waals surface area contributed by atoms with E-state index in [1.165, 1.54) is 0 Å². The standard InChI is InChI=1S/C10H12O2/c1-2-10(11)6-5-9-4-3-7-12-8-9/h1,3,5-7,9-11H,4,8H2. The van der Waals surface area contributed by atoms with Gasteiger partial charge >= 0.3 is 0 Å². The summed E-state index contributed by atoms with van der Waals surface area (Å²) in [5.74, 6) is 2.56. The Kier molecular flexibility index (Phi) is 3.43. The van der Waals surface area contributed by atoms with Crippen LogP contribution in [0.4, 0.5) is 0 Å². The summed E-state index contributed by atoms with van der Waals surface area (Å²) >= 11 is 0. The fraction of sp³-hybridized carbons (Fsp3) is 0.400. The maximum atomic E-state index is 9.01. The molecule has 2 unspecified atom stereocenters. The largest absolute Gasteiger partial charge is 0.501 e. The van der Waals surface area contributed by atoms with Gasteiger partial charge in [0.2, 0.25) is 0 Å². The van der Waals surface area contributed by atoms with Gasteiger partial charge in [-0.05, 0) is 18.6 Å². The smallest absolute Gasteiger partial charge is 0.133 e. The summed E-state index contributed by atoms with van der Waals surface area (Å²) in [5.41, 5.74) is 0. The van der Waals surface area contributed by atoms with E-state index >= 15 is 0 Å². The molecule has 0 amide bonds. The first-order chi connectivity index (χ1) is 5.83. The van der Waals surface area contributed by atoms with Crippen molar-refractivity contribution in [2.45, 2.75) is 12.5 Å². The first kappa shape index (κ1) is 8.89. The third-order valence-corrected chi connectivity index (χ3v) is 1.68. The highest BCUT2D eigenvalue weighted by Gasteiger charge is 2.06. The Bertz CT molecular complexity index is 222. The Balaban J connectivity index is 2.36. The van der Waals surface area contributed by atoms with Gasteiger partial charge in [0.25, 0.3) is 0 Å². The number of terminal acetylenes is 1. The average Bonchev–Trinajstić information content (AvgIpc) is 2.16. The monoisotopic (exact) mass is 164 g/mol. The molecule has 0 fully saturated rings. The van der Waals surface area contributed by atoms with Crippen LogP contribution in [0.3, 0.4) is 0 Å². The van der Waals surface area contributed by atoms with Crippen molar-refractivity contribution in [2.75, 3.05) is 6.61 Å². The third-order valence-electron chi connectivity index (χ3n) is 1.68. The number of hydrogen-bond donors (Lipinski definition) is 1. The number of rotatable bonds is 2. The van der Waals surface area contributed by atoms with Gasteiger partial charge in [-0.25, -0.2) is 0 Å². The molecule has 0 bridgehead atoms. The Morgan fingerprint density at radius 2 is 2.58 bits per heavy atom. The molecule has 2 heteroatoms. The van der Waals surface area contributed by atoms with Crippen molar-refractivity contribution in [3.8, 4) is 12.3 Å². The first-order valence-electron chi connectivity index (χ1n) is 3.92. The second-order valence-corrected chi connectivity index (χ2v) is 2.70. The molecule has 0 aromatic rings. The predicted octanol–water partition coefficient (Wildman–Crippen LogP) is 1.09. The van der Waals surface area contributed by atoms with Gasteiger partial charge in [-0.3, -0.25) is 0 Å². The zero-order chi connectivity index (χ0) is 8.81. The van der Waals surface area contributed by atoms with Crippen LogP contribution in [0, 0.1) is 18.3 Å². The average molecular weight is 164 g/mol. The molecule has 2 atom stereocenters. The molecule has 0 aromatic heterocycles. The normalized spacial score (nSPS) is 24.8. The van der Waals surface area contributed by atoms with Crippen LogP contribution in [-0.2, 0) is 4.74 Å². The van der Waals surface area contributed by atoms with Crippen LogP contribution in [0.1, 0.15) is 6.42 Å². The van der Waals surface area contributed by atoms with E-state index in [1.54, 1.807) is 12.3 Å². The van der Waals surface area contributed by atoms with Gasteiger partial charge in [-0.1, -0.05) is 12.0 Å². The molecule has 0 aliphatic carbocycles. The van der Waals surface area contributed by atoms with Crippen LogP contribution in [0.5, 0.6) is 0 Å². The third kappa shape index (κ3) is 2.81. The van der Waals surface area contributed by atoms with Crippen molar-refractivity contribution in [2.24, 2.45) is 5.92 Å². The lowest BCUT2D eigenvalue weighted by Gasteiger charge is -2.14. The fourth-order valence-corrected chi connectivity index (χ4v) is 0.998. The maximum Gasteiger partial charge on any atom is 0.133 e. The Morgan fingerprint density at radius 3 is 3.17 bits per heavy atom. The van der Waals surface area contributed by atoms with E-state index in [0.717, 1.165) is 6.42 Å². The zero-order valence-corrected chi connectivity index (χ0v) is 6.81. The minimum absolute atomic E-state index is 0.345. The minimum Gasteiger partial charge on any atom is -0.501 e. The molecule has 2 nitrogen and oxygen atoms in total. The molecular formula is C10H12O2. The van der Waals surface area contributed by atoms with Gasteiger partial charge in [0.15, 0.2) is 0 Å². The van der Waals surface area contributed by atoms with Crippen LogP contribution in [-0.4, -0.2) is 17.8 Å². The summed E-state index contributed by atoms with van der Waals surface area (Å²) in [4.78, 5) is 0. The molecule has 0 radical (unpaired) electrons. The number of ether oxygens (including phenoxy) is 1. The topological polar surface area (TPSA) is 29.5 Å². The lowest BCUT2D eigenvalue weighted by atomic mass is 10.0. The van der Waals surface area contributed by atoms with Gasteiger partial charge in [-0.15, -0.1) is 6.42 Å². The maximum absolute atomic E-state index is 9.01. The molecule has 1 aliphatic heterocycles. The molecule has 0 aromatic carbocycles.